The molecule has 0 saturated carbocycles. The van der Waals surface area contributed by atoms with Gasteiger partial charge in [-0.3, -0.25) is 0 Å². The molecular weight excluding hydrogens is 242 g/mol. The Morgan fingerprint density at radius 2 is 1.94 bits per heavy atom. The minimum atomic E-state index is -3.69. The van der Waals surface area contributed by atoms with Gasteiger partial charge in [0.1, 0.15) is 11.4 Å². The van der Waals surface area contributed by atoms with Gasteiger partial charge in [0.25, 0.3) is 0 Å². The molecule has 0 aromatic carbocycles. The maximum Gasteiger partial charge on any atom is 0.214 e. The number of aryl methyl sites for hydroxylation is 1. The number of aromatic nitrogens is 2. The molecule has 96 valence electrons. The molecule has 0 aliphatic heterocycles. The zero-order valence-electron chi connectivity index (χ0n) is 10.1. The van der Waals surface area contributed by atoms with E-state index in [0.717, 1.165) is 5.56 Å². The number of hydrogen-bond acceptors (Lipinski definition) is 5. The molecule has 0 spiro atoms. The van der Waals surface area contributed by atoms with Crippen molar-refractivity contribution in [1.29, 1.82) is 0 Å². The number of hydrogen-bond donors (Lipinski definition) is 1. The molecule has 7 heteroatoms. The lowest BCUT2D eigenvalue weighted by atomic mass is 10.2. The third-order valence-electron chi connectivity index (χ3n) is 2.35. The molecular formula is C10H17N3O3S. The van der Waals surface area contributed by atoms with Crippen LogP contribution in [-0.2, 0) is 14.8 Å². The first-order valence-electron chi connectivity index (χ1n) is 5.28. The average Bonchev–Trinajstić information content (AvgIpc) is 2.25. The van der Waals surface area contributed by atoms with Gasteiger partial charge in [0.15, 0.2) is 5.82 Å². The highest BCUT2D eigenvalue weighted by Crippen LogP contribution is 2.21. The summed E-state index contributed by atoms with van der Waals surface area (Å²) >= 11 is 0. The smallest absolute Gasteiger partial charge is 0.214 e. The van der Waals surface area contributed by atoms with Crippen LogP contribution in [0, 0.1) is 6.92 Å². The van der Waals surface area contributed by atoms with E-state index < -0.39 is 21.4 Å². The van der Waals surface area contributed by atoms with Crippen LogP contribution in [0.25, 0.3) is 0 Å². The highest BCUT2D eigenvalue weighted by Gasteiger charge is 2.30. The average molecular weight is 259 g/mol. The molecule has 0 radical (unpaired) electrons. The molecule has 0 aliphatic carbocycles. The van der Waals surface area contributed by atoms with Crippen molar-refractivity contribution in [1.82, 2.24) is 9.97 Å². The number of ether oxygens (including phenoxy) is 1. The lowest BCUT2D eigenvalue weighted by Crippen LogP contribution is -2.33. The van der Waals surface area contributed by atoms with Crippen molar-refractivity contribution in [3.05, 3.63) is 23.8 Å². The van der Waals surface area contributed by atoms with Crippen molar-refractivity contribution in [2.45, 2.75) is 32.1 Å². The Kier molecular flexibility index (Phi) is 4.55. The van der Waals surface area contributed by atoms with E-state index in [2.05, 4.69) is 9.97 Å². The summed E-state index contributed by atoms with van der Waals surface area (Å²) in [6.45, 7) is 5.47. The molecule has 1 rings (SSSR count). The normalized spacial score (nSPS) is 15.5. The summed E-state index contributed by atoms with van der Waals surface area (Å²) in [7, 11) is -3.69. The summed E-state index contributed by atoms with van der Waals surface area (Å²) in [6.07, 6.45) is 2.49. The predicted molar refractivity (Wildman–Crippen MR) is 63.7 cm³/mol. The second kappa shape index (κ2) is 5.52. The van der Waals surface area contributed by atoms with Crippen LogP contribution >= 0.6 is 0 Å². The van der Waals surface area contributed by atoms with E-state index >= 15 is 0 Å². The van der Waals surface area contributed by atoms with Gasteiger partial charge in [-0.25, -0.2) is 23.5 Å². The molecule has 2 atom stereocenters. The predicted octanol–water partition coefficient (Wildman–Crippen LogP) is 0.540. The summed E-state index contributed by atoms with van der Waals surface area (Å²) in [4.78, 5) is 8.15. The van der Waals surface area contributed by atoms with Crippen molar-refractivity contribution in [2.24, 2.45) is 5.14 Å². The lowest BCUT2D eigenvalue weighted by molar-refractivity contribution is 0.0556. The van der Waals surface area contributed by atoms with E-state index in [0.29, 0.717) is 12.4 Å². The summed E-state index contributed by atoms with van der Waals surface area (Å²) in [5, 5.41) is 4.23. The van der Waals surface area contributed by atoms with Crippen LogP contribution < -0.4 is 5.14 Å². The molecule has 0 unspecified atom stereocenters. The second-order valence-electron chi connectivity index (χ2n) is 3.79. The molecule has 1 aromatic rings. The highest BCUT2D eigenvalue weighted by atomic mass is 32.2. The van der Waals surface area contributed by atoms with Crippen LogP contribution in [-0.4, -0.2) is 30.2 Å². The molecule has 17 heavy (non-hydrogen) atoms. The van der Waals surface area contributed by atoms with Gasteiger partial charge in [-0.1, -0.05) is 0 Å². The van der Waals surface area contributed by atoms with Crippen LogP contribution in [0.1, 0.15) is 31.3 Å². The number of nitrogens with zero attached hydrogens (tertiary/aromatic N) is 2. The first-order chi connectivity index (χ1) is 7.86. The first kappa shape index (κ1) is 14.0. The van der Waals surface area contributed by atoms with Crippen LogP contribution in [0.5, 0.6) is 0 Å². The number of primary sulfonamides is 1. The molecule has 0 bridgehead atoms. The Bertz CT molecular complexity index is 458. The molecule has 0 amide bonds. The Hall–Kier alpha value is -1.05. The van der Waals surface area contributed by atoms with Crippen LogP contribution in [0.2, 0.25) is 0 Å². The van der Waals surface area contributed by atoms with Crippen molar-refractivity contribution in [3.8, 4) is 0 Å². The van der Waals surface area contributed by atoms with Crippen molar-refractivity contribution >= 4 is 10.0 Å². The number of rotatable bonds is 5. The Labute approximate surface area is 101 Å². The summed E-state index contributed by atoms with van der Waals surface area (Å²) in [5.74, 6) is 0.332. The number of sulfonamides is 1. The fraction of sp³-hybridized carbons (Fsp3) is 0.600. The van der Waals surface area contributed by atoms with E-state index in [1.54, 1.807) is 19.3 Å². The van der Waals surface area contributed by atoms with Crippen LogP contribution in [0.4, 0.5) is 0 Å². The van der Waals surface area contributed by atoms with E-state index in [9.17, 15) is 8.42 Å². The van der Waals surface area contributed by atoms with Crippen LogP contribution in [0.3, 0.4) is 0 Å². The fourth-order valence-electron chi connectivity index (χ4n) is 1.32. The SMILES string of the molecule is CCO[C@H](c1ncc(C)cn1)[C@@H](C)S(N)(=O)=O. The van der Waals surface area contributed by atoms with Gasteiger partial charge >= 0.3 is 0 Å². The quantitative estimate of drug-likeness (QED) is 0.832. The lowest BCUT2D eigenvalue weighted by Gasteiger charge is -2.20. The van der Waals surface area contributed by atoms with Crippen LogP contribution in [0.15, 0.2) is 12.4 Å². The topological polar surface area (TPSA) is 95.2 Å². The third kappa shape index (κ3) is 3.72. The minimum absolute atomic E-state index is 0.332. The number of nitrogens with two attached hydrogens (primary N) is 1. The Balaban J connectivity index is 3.05. The largest absolute Gasteiger partial charge is 0.369 e. The van der Waals surface area contributed by atoms with E-state index in [-0.39, 0.29) is 0 Å². The van der Waals surface area contributed by atoms with E-state index in [4.69, 9.17) is 9.88 Å². The van der Waals surface area contributed by atoms with Gasteiger partial charge in [0.2, 0.25) is 10.0 Å². The maximum atomic E-state index is 11.3. The molecule has 0 saturated heterocycles. The molecule has 0 aliphatic rings. The van der Waals surface area contributed by atoms with Gasteiger partial charge < -0.3 is 4.74 Å². The highest BCUT2D eigenvalue weighted by molar-refractivity contribution is 7.89. The molecule has 1 heterocycles. The third-order valence-corrected chi connectivity index (χ3v) is 3.63. The standard InChI is InChI=1S/C10H17N3O3S/c1-4-16-9(8(3)17(11,14)15)10-12-5-7(2)6-13-10/h5-6,8-9H,4H2,1-3H3,(H2,11,14,15)/t8-,9+/m1/s1. The maximum absolute atomic E-state index is 11.3. The summed E-state index contributed by atoms with van der Waals surface area (Å²) < 4.78 is 28.0. The second-order valence-corrected chi connectivity index (χ2v) is 5.71. The zero-order valence-corrected chi connectivity index (χ0v) is 10.9. The molecule has 2 N–H and O–H groups in total. The molecule has 1 aromatic heterocycles. The Morgan fingerprint density at radius 3 is 2.35 bits per heavy atom. The van der Waals surface area contributed by atoms with Gasteiger partial charge in [-0.2, -0.15) is 0 Å². The van der Waals surface area contributed by atoms with Crippen molar-refractivity contribution in [2.75, 3.05) is 6.61 Å². The van der Waals surface area contributed by atoms with E-state index in [1.165, 1.54) is 6.92 Å². The molecule has 0 fully saturated rings. The Morgan fingerprint density at radius 1 is 1.41 bits per heavy atom. The zero-order chi connectivity index (χ0) is 13.1. The first-order valence-corrected chi connectivity index (χ1v) is 6.89. The van der Waals surface area contributed by atoms with Gasteiger partial charge in [-0.05, 0) is 26.3 Å². The molecule has 6 nitrogen and oxygen atoms in total. The van der Waals surface area contributed by atoms with E-state index in [1.807, 2.05) is 6.92 Å². The fourth-order valence-corrected chi connectivity index (χ4v) is 1.87. The monoisotopic (exact) mass is 259 g/mol. The van der Waals surface area contributed by atoms with Gasteiger partial charge in [0, 0.05) is 19.0 Å². The van der Waals surface area contributed by atoms with Crippen molar-refractivity contribution in [3.63, 3.8) is 0 Å². The van der Waals surface area contributed by atoms with Gasteiger partial charge in [-0.15, -0.1) is 0 Å². The summed E-state index contributed by atoms with van der Waals surface area (Å²) in [6, 6.07) is 0. The minimum Gasteiger partial charge on any atom is -0.369 e. The van der Waals surface area contributed by atoms with Crippen molar-refractivity contribution < 1.29 is 13.2 Å². The van der Waals surface area contributed by atoms with Gasteiger partial charge in [0.05, 0.1) is 0 Å². The summed E-state index contributed by atoms with van der Waals surface area (Å²) in [5.41, 5.74) is 0.896.